The van der Waals surface area contributed by atoms with Crippen LogP contribution in [0, 0.1) is 0 Å². The Morgan fingerprint density at radius 2 is 1.61 bits per heavy atom. The van der Waals surface area contributed by atoms with E-state index >= 15 is 0 Å². The van der Waals surface area contributed by atoms with E-state index < -0.39 is 0 Å². The van der Waals surface area contributed by atoms with E-state index in [1.807, 2.05) is 48.8 Å². The summed E-state index contributed by atoms with van der Waals surface area (Å²) in [5, 5.41) is 10.9. The molecule has 0 radical (unpaired) electrons. The molecule has 0 atom stereocenters. The Labute approximate surface area is 186 Å². The van der Waals surface area contributed by atoms with Crippen LogP contribution in [0.1, 0.15) is 51.0 Å². The molecule has 3 heterocycles. The summed E-state index contributed by atoms with van der Waals surface area (Å²) < 4.78 is 4.49. The van der Waals surface area contributed by atoms with Gasteiger partial charge in [0.05, 0.1) is 24.5 Å². The van der Waals surface area contributed by atoms with E-state index in [1.54, 1.807) is 0 Å². The van der Waals surface area contributed by atoms with Gasteiger partial charge < -0.3 is 15.7 Å². The molecule has 1 fully saturated rings. The fourth-order valence-corrected chi connectivity index (χ4v) is 3.44. The predicted molar refractivity (Wildman–Crippen MR) is 122 cm³/mol. The summed E-state index contributed by atoms with van der Waals surface area (Å²) in [7, 11) is 1.42. The van der Waals surface area contributed by atoms with E-state index in [2.05, 4.69) is 19.6 Å². The maximum Gasteiger partial charge on any atom is 0.305 e. The Bertz CT molecular complexity index is 691. The van der Waals surface area contributed by atoms with Crippen LogP contribution in [-0.4, -0.2) is 70.9 Å². The van der Waals surface area contributed by atoms with Gasteiger partial charge in [0, 0.05) is 46.4 Å². The van der Waals surface area contributed by atoms with E-state index in [-0.39, 0.29) is 13.4 Å². The van der Waals surface area contributed by atoms with E-state index in [1.165, 1.54) is 12.2 Å². The SMILES string of the molecule is COC(=O)CCCCCCN.ON1CCN(C(c2ccccn2)c2ccccn2)CC1.[HH]. The molecule has 1 saturated heterocycles. The fourth-order valence-electron chi connectivity index (χ4n) is 3.44. The van der Waals surface area contributed by atoms with Crippen molar-refractivity contribution in [1.82, 2.24) is 19.9 Å². The summed E-state index contributed by atoms with van der Waals surface area (Å²) >= 11 is 0. The number of methoxy groups -OCH3 is 1. The van der Waals surface area contributed by atoms with Crippen LogP contribution in [-0.2, 0) is 9.53 Å². The lowest BCUT2D eigenvalue weighted by atomic mass is 10.1. The largest absolute Gasteiger partial charge is 0.469 e. The zero-order chi connectivity index (χ0) is 22.3. The highest BCUT2D eigenvalue weighted by Crippen LogP contribution is 2.26. The van der Waals surface area contributed by atoms with Crippen LogP contribution < -0.4 is 5.73 Å². The van der Waals surface area contributed by atoms with Gasteiger partial charge in [-0.05, 0) is 43.7 Å². The topological polar surface area (TPSA) is 105 Å². The Kier molecular flexibility index (Phi) is 11.7. The van der Waals surface area contributed by atoms with E-state index in [4.69, 9.17) is 5.73 Å². The summed E-state index contributed by atoms with van der Waals surface area (Å²) in [4.78, 5) is 21.9. The number of hydrogen-bond donors (Lipinski definition) is 2. The first-order valence-corrected chi connectivity index (χ1v) is 10.9. The molecule has 0 saturated carbocycles. The van der Waals surface area contributed by atoms with Crippen molar-refractivity contribution >= 4 is 5.97 Å². The lowest BCUT2D eigenvalue weighted by Gasteiger charge is -2.36. The molecule has 0 spiro atoms. The normalized spacial score (nSPS) is 14.7. The standard InChI is InChI=1S/C15H18N4O.C8H17NO2.H2/c20-19-11-9-18(10-12-19)15(13-5-1-3-7-16-13)14-6-2-4-8-17-14;1-11-8(10)6-4-2-3-5-7-9;/h1-8,15,20H,9-12H2;2-7,9H2,1H3;1H. The molecule has 8 heteroatoms. The van der Waals surface area contributed by atoms with Crippen molar-refractivity contribution < 1.29 is 16.2 Å². The smallest absolute Gasteiger partial charge is 0.305 e. The second kappa shape index (κ2) is 14.6. The highest BCUT2D eigenvalue weighted by Gasteiger charge is 2.27. The number of hydroxylamine groups is 2. The monoisotopic (exact) mass is 431 g/mol. The number of ether oxygens (including phenoxy) is 1. The molecule has 0 aliphatic carbocycles. The van der Waals surface area contributed by atoms with Crippen molar-refractivity contribution in [3.8, 4) is 0 Å². The van der Waals surface area contributed by atoms with Crippen LogP contribution >= 0.6 is 0 Å². The zero-order valence-electron chi connectivity index (χ0n) is 18.4. The van der Waals surface area contributed by atoms with E-state index in [0.29, 0.717) is 19.5 Å². The number of nitrogens with zero attached hydrogens (tertiary/aromatic N) is 4. The van der Waals surface area contributed by atoms with Gasteiger partial charge in [-0.1, -0.05) is 25.0 Å². The number of rotatable bonds is 9. The minimum atomic E-state index is -0.113. The highest BCUT2D eigenvalue weighted by atomic mass is 16.5. The van der Waals surface area contributed by atoms with Gasteiger partial charge in [-0.15, -0.1) is 0 Å². The van der Waals surface area contributed by atoms with Crippen LogP contribution in [0.5, 0.6) is 0 Å². The minimum absolute atomic E-state index is 0. The van der Waals surface area contributed by atoms with Crippen LogP contribution in [0.25, 0.3) is 0 Å². The van der Waals surface area contributed by atoms with Gasteiger partial charge in [0.15, 0.2) is 0 Å². The number of esters is 1. The molecule has 0 unspecified atom stereocenters. The van der Waals surface area contributed by atoms with Crippen LogP contribution in [0.4, 0.5) is 0 Å². The van der Waals surface area contributed by atoms with Crippen molar-refractivity contribution in [2.75, 3.05) is 39.8 Å². The molecule has 0 bridgehead atoms. The Hall–Kier alpha value is -2.39. The van der Waals surface area contributed by atoms with Gasteiger partial charge in [-0.2, -0.15) is 5.06 Å². The number of carbonyl (C=O) groups excluding carboxylic acids is 1. The number of hydrogen-bond acceptors (Lipinski definition) is 8. The zero-order valence-corrected chi connectivity index (χ0v) is 18.4. The average Bonchev–Trinajstić information content (AvgIpc) is 2.82. The second-order valence-corrected chi connectivity index (χ2v) is 7.43. The molecule has 3 N–H and O–H groups in total. The molecule has 2 aromatic rings. The lowest BCUT2D eigenvalue weighted by molar-refractivity contribution is -0.140. The van der Waals surface area contributed by atoms with Crippen molar-refractivity contribution in [3.05, 3.63) is 60.2 Å². The van der Waals surface area contributed by atoms with Gasteiger partial charge in [-0.3, -0.25) is 19.7 Å². The van der Waals surface area contributed by atoms with Crippen LogP contribution in [0.15, 0.2) is 48.8 Å². The number of nitrogens with two attached hydrogens (primary N) is 1. The number of unbranched alkanes of at least 4 members (excludes halogenated alkanes) is 3. The third-order valence-corrected chi connectivity index (χ3v) is 5.15. The summed E-state index contributed by atoms with van der Waals surface area (Å²) in [5.74, 6) is -0.113. The van der Waals surface area contributed by atoms with Gasteiger partial charge in [-0.25, -0.2) is 0 Å². The molecular weight excluding hydrogens is 394 g/mol. The molecule has 1 aliphatic rings. The minimum Gasteiger partial charge on any atom is -0.469 e. The van der Waals surface area contributed by atoms with Crippen molar-refractivity contribution in [3.63, 3.8) is 0 Å². The molecule has 1 aliphatic heterocycles. The molecule has 0 amide bonds. The van der Waals surface area contributed by atoms with Crippen molar-refractivity contribution in [2.45, 2.75) is 38.1 Å². The predicted octanol–water partition coefficient (Wildman–Crippen LogP) is 2.89. The first-order valence-electron chi connectivity index (χ1n) is 10.9. The Morgan fingerprint density at radius 3 is 2.10 bits per heavy atom. The van der Waals surface area contributed by atoms with Crippen LogP contribution in [0.3, 0.4) is 0 Å². The summed E-state index contributed by atoms with van der Waals surface area (Å²) in [6.07, 6.45) is 8.34. The number of carbonyl (C=O) groups is 1. The first-order chi connectivity index (χ1) is 15.2. The average molecular weight is 432 g/mol. The molecule has 3 rings (SSSR count). The molecule has 8 nitrogen and oxygen atoms in total. The van der Waals surface area contributed by atoms with Gasteiger partial charge in [0.1, 0.15) is 0 Å². The molecule has 172 valence electrons. The fraction of sp³-hybridized carbons (Fsp3) is 0.522. The van der Waals surface area contributed by atoms with Crippen LogP contribution in [0.2, 0.25) is 0 Å². The molecule has 2 aromatic heterocycles. The summed E-state index contributed by atoms with van der Waals surface area (Å²) in [5.41, 5.74) is 7.30. The molecular formula is C23H37N5O3. The first kappa shape index (κ1) is 24.9. The van der Waals surface area contributed by atoms with Gasteiger partial charge in [0.2, 0.25) is 0 Å². The van der Waals surface area contributed by atoms with Gasteiger partial charge >= 0.3 is 5.97 Å². The highest BCUT2D eigenvalue weighted by molar-refractivity contribution is 5.68. The maximum absolute atomic E-state index is 10.6. The maximum atomic E-state index is 10.6. The van der Waals surface area contributed by atoms with Crippen molar-refractivity contribution in [1.29, 1.82) is 0 Å². The third kappa shape index (κ3) is 9.10. The van der Waals surface area contributed by atoms with Crippen molar-refractivity contribution in [2.24, 2.45) is 5.73 Å². The third-order valence-electron chi connectivity index (χ3n) is 5.15. The summed E-state index contributed by atoms with van der Waals surface area (Å²) in [6, 6.07) is 12.0. The molecule has 31 heavy (non-hydrogen) atoms. The molecule has 0 aromatic carbocycles. The number of aromatic nitrogens is 2. The van der Waals surface area contributed by atoms with E-state index in [9.17, 15) is 10.0 Å². The number of pyridine rings is 2. The Morgan fingerprint density at radius 1 is 1.03 bits per heavy atom. The lowest BCUT2D eigenvalue weighted by Crippen LogP contribution is -2.46. The van der Waals surface area contributed by atoms with Gasteiger partial charge in [0.25, 0.3) is 0 Å². The quantitative estimate of drug-likeness (QED) is 0.461. The van der Waals surface area contributed by atoms with E-state index in [0.717, 1.165) is 56.7 Å². The number of piperazine rings is 1. The Balaban J connectivity index is 0.000000370. The summed E-state index contributed by atoms with van der Waals surface area (Å²) in [6.45, 7) is 3.65. The second-order valence-electron chi connectivity index (χ2n) is 7.43.